The minimum atomic E-state index is -0.359. The topological polar surface area (TPSA) is 47.6 Å². The number of nitrogens with zero attached hydrogens (tertiary/aromatic N) is 2. The largest absolute Gasteiger partial charge is 0.381 e. The summed E-state index contributed by atoms with van der Waals surface area (Å²) in [4.78, 5) is 16.9. The monoisotopic (exact) mass is 322 g/mol. The van der Waals surface area contributed by atoms with Gasteiger partial charge in [-0.15, -0.1) is 0 Å². The number of hydrogen-bond donors (Lipinski definition) is 2. The van der Waals surface area contributed by atoms with Crippen LogP contribution in [0.2, 0.25) is 0 Å². The fourth-order valence-corrected chi connectivity index (χ4v) is 2.67. The lowest BCUT2D eigenvalue weighted by molar-refractivity contribution is -0.121. The van der Waals surface area contributed by atoms with E-state index in [0.29, 0.717) is 5.69 Å². The molecule has 0 saturated carbocycles. The van der Waals surface area contributed by atoms with Crippen molar-refractivity contribution in [3.63, 3.8) is 0 Å². The smallest absolute Gasteiger partial charge is 0.241 e. The number of benzene rings is 1. The van der Waals surface area contributed by atoms with Gasteiger partial charge in [0.05, 0.1) is 17.4 Å². The highest BCUT2D eigenvalue weighted by atomic mass is 19.1. The SMILES string of the molecule is CC(C)Nc1ccc(F)cc1NC(=O)[C@@H](C)N1CCN(C)CC1. The summed E-state index contributed by atoms with van der Waals surface area (Å²) in [5.41, 5.74) is 1.23. The van der Waals surface area contributed by atoms with Gasteiger partial charge >= 0.3 is 0 Å². The van der Waals surface area contributed by atoms with Crippen molar-refractivity contribution >= 4 is 17.3 Å². The summed E-state index contributed by atoms with van der Waals surface area (Å²) < 4.78 is 13.5. The Kier molecular flexibility index (Phi) is 5.96. The van der Waals surface area contributed by atoms with E-state index < -0.39 is 0 Å². The van der Waals surface area contributed by atoms with E-state index in [9.17, 15) is 9.18 Å². The van der Waals surface area contributed by atoms with E-state index in [0.717, 1.165) is 31.9 Å². The molecule has 1 aliphatic rings. The minimum absolute atomic E-state index is 0.105. The molecule has 1 heterocycles. The number of likely N-dealkylation sites (N-methyl/N-ethyl adjacent to an activating group) is 1. The molecule has 1 atom stereocenters. The molecule has 1 aliphatic heterocycles. The lowest BCUT2D eigenvalue weighted by Crippen LogP contribution is -2.51. The van der Waals surface area contributed by atoms with E-state index in [1.165, 1.54) is 12.1 Å². The predicted octanol–water partition coefficient (Wildman–Crippen LogP) is 2.22. The number of rotatable bonds is 5. The average Bonchev–Trinajstić information content (AvgIpc) is 2.49. The number of carbonyl (C=O) groups excluding carboxylic acids is 1. The molecule has 0 aromatic heterocycles. The quantitative estimate of drug-likeness (QED) is 0.873. The predicted molar refractivity (Wildman–Crippen MR) is 92.3 cm³/mol. The van der Waals surface area contributed by atoms with Gasteiger partial charge in [0, 0.05) is 32.2 Å². The normalized spacial score (nSPS) is 18.0. The van der Waals surface area contributed by atoms with Gasteiger partial charge in [-0.2, -0.15) is 0 Å². The zero-order chi connectivity index (χ0) is 17.0. The molecule has 2 N–H and O–H groups in total. The van der Waals surface area contributed by atoms with Crippen LogP contribution in [-0.4, -0.2) is 61.0 Å². The molecule has 6 heteroatoms. The molecule has 1 aromatic rings. The van der Waals surface area contributed by atoms with Gasteiger partial charge < -0.3 is 15.5 Å². The van der Waals surface area contributed by atoms with Crippen LogP contribution in [0.4, 0.5) is 15.8 Å². The summed E-state index contributed by atoms with van der Waals surface area (Å²) in [5, 5.41) is 6.10. The van der Waals surface area contributed by atoms with Crippen molar-refractivity contribution < 1.29 is 9.18 Å². The zero-order valence-corrected chi connectivity index (χ0v) is 14.4. The first-order valence-electron chi connectivity index (χ1n) is 8.16. The molecule has 2 rings (SSSR count). The second kappa shape index (κ2) is 7.75. The Hall–Kier alpha value is -1.66. The van der Waals surface area contributed by atoms with Gasteiger partial charge in [-0.3, -0.25) is 9.69 Å². The summed E-state index contributed by atoms with van der Waals surface area (Å²) in [6.45, 7) is 9.55. The first-order valence-corrected chi connectivity index (χ1v) is 8.16. The Labute approximate surface area is 137 Å². The lowest BCUT2D eigenvalue weighted by Gasteiger charge is -2.35. The van der Waals surface area contributed by atoms with Gasteiger partial charge in [0.25, 0.3) is 0 Å². The highest BCUT2D eigenvalue weighted by molar-refractivity contribution is 5.97. The molecule has 23 heavy (non-hydrogen) atoms. The molecule has 0 aliphatic carbocycles. The Morgan fingerprint density at radius 2 is 1.78 bits per heavy atom. The number of halogens is 1. The van der Waals surface area contributed by atoms with Gasteiger partial charge in [-0.25, -0.2) is 4.39 Å². The second-order valence-electron chi connectivity index (χ2n) is 6.49. The third kappa shape index (κ3) is 4.91. The first kappa shape index (κ1) is 17.7. The van der Waals surface area contributed by atoms with Crippen LogP contribution in [0.3, 0.4) is 0 Å². The van der Waals surface area contributed by atoms with Crippen LogP contribution in [0.5, 0.6) is 0 Å². The second-order valence-corrected chi connectivity index (χ2v) is 6.49. The summed E-state index contributed by atoms with van der Waals surface area (Å²) in [5.74, 6) is -0.464. The molecular formula is C17H27FN4O. The van der Waals surface area contributed by atoms with Gasteiger partial charge in [0.1, 0.15) is 5.82 Å². The number of carbonyl (C=O) groups is 1. The molecule has 1 fully saturated rings. The van der Waals surface area contributed by atoms with Crippen LogP contribution in [0, 0.1) is 5.82 Å². The Bertz CT molecular complexity index is 541. The molecule has 1 saturated heterocycles. The van der Waals surface area contributed by atoms with Crippen LogP contribution in [0.15, 0.2) is 18.2 Å². The zero-order valence-electron chi connectivity index (χ0n) is 14.4. The van der Waals surface area contributed by atoms with Gasteiger partial charge in [0.15, 0.2) is 0 Å². The van der Waals surface area contributed by atoms with Crippen molar-refractivity contribution in [3.05, 3.63) is 24.0 Å². The molecule has 0 bridgehead atoms. The summed E-state index contributed by atoms with van der Waals surface area (Å²) in [7, 11) is 2.08. The standard InChI is InChI=1S/C17H27FN4O/c1-12(2)19-15-6-5-14(18)11-16(15)20-17(23)13(3)22-9-7-21(4)8-10-22/h5-6,11-13,19H,7-10H2,1-4H3,(H,20,23)/t13-/m1/s1. The summed E-state index contributed by atoms with van der Waals surface area (Å²) in [6.07, 6.45) is 0. The summed E-state index contributed by atoms with van der Waals surface area (Å²) in [6, 6.07) is 4.37. The van der Waals surface area contributed by atoms with E-state index in [1.54, 1.807) is 6.07 Å². The number of piperazine rings is 1. The third-order valence-electron chi connectivity index (χ3n) is 4.15. The Balaban J connectivity index is 2.05. The Morgan fingerprint density at radius 3 is 2.39 bits per heavy atom. The minimum Gasteiger partial charge on any atom is -0.381 e. The van der Waals surface area contributed by atoms with Crippen LogP contribution < -0.4 is 10.6 Å². The molecule has 1 amide bonds. The maximum Gasteiger partial charge on any atom is 0.241 e. The molecule has 0 unspecified atom stereocenters. The first-order chi connectivity index (χ1) is 10.9. The van der Waals surface area contributed by atoms with Crippen LogP contribution in [-0.2, 0) is 4.79 Å². The molecule has 128 valence electrons. The van der Waals surface area contributed by atoms with Crippen molar-refractivity contribution in [3.8, 4) is 0 Å². The number of anilines is 2. The highest BCUT2D eigenvalue weighted by Crippen LogP contribution is 2.24. The molecule has 1 aromatic carbocycles. The maximum absolute atomic E-state index is 13.5. The van der Waals surface area contributed by atoms with Crippen molar-refractivity contribution in [1.82, 2.24) is 9.80 Å². The highest BCUT2D eigenvalue weighted by Gasteiger charge is 2.25. The van der Waals surface area contributed by atoms with Crippen LogP contribution in [0.25, 0.3) is 0 Å². The van der Waals surface area contributed by atoms with Crippen molar-refractivity contribution in [2.24, 2.45) is 0 Å². The third-order valence-corrected chi connectivity index (χ3v) is 4.15. The number of amides is 1. The van der Waals surface area contributed by atoms with E-state index in [1.807, 2.05) is 20.8 Å². The molecular weight excluding hydrogens is 295 g/mol. The fraction of sp³-hybridized carbons (Fsp3) is 0.588. The van der Waals surface area contributed by atoms with Crippen molar-refractivity contribution in [1.29, 1.82) is 0 Å². The van der Waals surface area contributed by atoms with Gasteiger partial charge in [-0.1, -0.05) is 0 Å². The Morgan fingerprint density at radius 1 is 1.13 bits per heavy atom. The van der Waals surface area contributed by atoms with E-state index in [4.69, 9.17) is 0 Å². The summed E-state index contributed by atoms with van der Waals surface area (Å²) >= 11 is 0. The molecule has 0 spiro atoms. The fourth-order valence-electron chi connectivity index (χ4n) is 2.67. The van der Waals surface area contributed by atoms with E-state index >= 15 is 0 Å². The lowest BCUT2D eigenvalue weighted by atomic mass is 10.2. The van der Waals surface area contributed by atoms with Crippen LogP contribution in [0.1, 0.15) is 20.8 Å². The van der Waals surface area contributed by atoms with Crippen molar-refractivity contribution in [2.75, 3.05) is 43.9 Å². The van der Waals surface area contributed by atoms with Gasteiger partial charge in [0.2, 0.25) is 5.91 Å². The van der Waals surface area contributed by atoms with Gasteiger partial charge in [-0.05, 0) is 46.0 Å². The van der Waals surface area contributed by atoms with Crippen LogP contribution >= 0.6 is 0 Å². The van der Waals surface area contributed by atoms with E-state index in [2.05, 4.69) is 27.5 Å². The molecule has 5 nitrogen and oxygen atoms in total. The van der Waals surface area contributed by atoms with Crippen molar-refractivity contribution in [2.45, 2.75) is 32.9 Å². The van der Waals surface area contributed by atoms with E-state index in [-0.39, 0.29) is 23.8 Å². The average molecular weight is 322 g/mol. The number of nitrogens with one attached hydrogen (secondary N) is 2. The number of hydrogen-bond acceptors (Lipinski definition) is 4. The maximum atomic E-state index is 13.5. The molecule has 0 radical (unpaired) electrons.